The summed E-state index contributed by atoms with van der Waals surface area (Å²) in [6.07, 6.45) is 0.563. The number of amides is 2. The van der Waals surface area contributed by atoms with E-state index in [-0.39, 0.29) is 36.6 Å². The Balaban J connectivity index is 2.26. The third kappa shape index (κ3) is 3.81. The van der Waals surface area contributed by atoms with Gasteiger partial charge < -0.3 is 10.2 Å². The van der Waals surface area contributed by atoms with Crippen LogP contribution in [-0.2, 0) is 16.1 Å². The summed E-state index contributed by atoms with van der Waals surface area (Å²) in [6, 6.07) is 4.06. The highest BCUT2D eigenvalue weighted by molar-refractivity contribution is 9.10. The molecule has 0 saturated carbocycles. The van der Waals surface area contributed by atoms with Crippen LogP contribution in [0.4, 0.5) is 4.39 Å². The number of carbonyl (C=O) groups is 2. The van der Waals surface area contributed by atoms with Gasteiger partial charge in [-0.25, -0.2) is 4.39 Å². The van der Waals surface area contributed by atoms with E-state index in [2.05, 4.69) is 21.2 Å². The summed E-state index contributed by atoms with van der Waals surface area (Å²) in [7, 11) is 0. The summed E-state index contributed by atoms with van der Waals surface area (Å²) < 4.78 is 14.6. The number of benzene rings is 1. The highest BCUT2D eigenvalue weighted by Crippen LogP contribution is 2.22. The largest absolute Gasteiger partial charge is 0.345 e. The molecule has 21 heavy (non-hydrogen) atoms. The number of piperazine rings is 1. The lowest BCUT2D eigenvalue weighted by molar-refractivity contribution is -0.146. The van der Waals surface area contributed by atoms with Gasteiger partial charge in [-0.3, -0.25) is 9.59 Å². The van der Waals surface area contributed by atoms with Crippen molar-refractivity contribution in [3.63, 3.8) is 0 Å². The Morgan fingerprint density at radius 1 is 1.43 bits per heavy atom. The molecule has 114 valence electrons. The van der Waals surface area contributed by atoms with Crippen molar-refractivity contribution < 1.29 is 14.0 Å². The summed E-state index contributed by atoms with van der Waals surface area (Å²) >= 11 is 3.29. The van der Waals surface area contributed by atoms with E-state index in [4.69, 9.17) is 0 Å². The lowest BCUT2D eigenvalue weighted by atomic mass is 9.99. The molecule has 4 nitrogen and oxygen atoms in total. The zero-order valence-corrected chi connectivity index (χ0v) is 13.6. The Bertz CT molecular complexity index is 563. The zero-order valence-electron chi connectivity index (χ0n) is 12.0. The predicted molar refractivity (Wildman–Crippen MR) is 80.9 cm³/mol. The summed E-state index contributed by atoms with van der Waals surface area (Å²) in [5.74, 6) is -0.458. The summed E-state index contributed by atoms with van der Waals surface area (Å²) in [4.78, 5) is 25.6. The fraction of sp³-hybridized carbons (Fsp3) is 0.467. The molecule has 1 heterocycles. The van der Waals surface area contributed by atoms with Crippen LogP contribution >= 0.6 is 15.9 Å². The van der Waals surface area contributed by atoms with Crippen LogP contribution in [0.15, 0.2) is 22.7 Å². The monoisotopic (exact) mass is 356 g/mol. The van der Waals surface area contributed by atoms with Gasteiger partial charge in [-0.15, -0.1) is 0 Å². The molecule has 1 aliphatic rings. The van der Waals surface area contributed by atoms with Crippen molar-refractivity contribution in [3.8, 4) is 0 Å². The number of carbonyl (C=O) groups excluding carboxylic acids is 2. The molecule has 0 aromatic heterocycles. The summed E-state index contributed by atoms with van der Waals surface area (Å²) in [6.45, 7) is 4.06. The van der Waals surface area contributed by atoms with Crippen molar-refractivity contribution in [2.24, 2.45) is 5.92 Å². The molecule has 1 unspecified atom stereocenters. The standard InChI is InChI=1S/C15H18BrFN2O2/c1-9(2)5-13-15(21)18-7-14(20)19(13)8-10-6-11(16)3-4-12(10)17/h3-4,6,9,13H,5,7-8H2,1-2H3,(H,18,21). The Kier molecular flexibility index (Phi) is 4.98. The highest BCUT2D eigenvalue weighted by Gasteiger charge is 2.35. The van der Waals surface area contributed by atoms with E-state index in [9.17, 15) is 14.0 Å². The van der Waals surface area contributed by atoms with Crippen LogP contribution in [0.25, 0.3) is 0 Å². The number of halogens is 2. The second-order valence-corrected chi connectivity index (χ2v) is 6.54. The van der Waals surface area contributed by atoms with Crippen LogP contribution in [-0.4, -0.2) is 29.3 Å². The van der Waals surface area contributed by atoms with Crippen molar-refractivity contribution in [2.75, 3.05) is 6.54 Å². The molecule has 0 spiro atoms. The van der Waals surface area contributed by atoms with E-state index in [1.165, 1.54) is 11.0 Å². The van der Waals surface area contributed by atoms with E-state index in [1.807, 2.05) is 13.8 Å². The molecule has 1 fully saturated rings. The number of nitrogens with zero attached hydrogens (tertiary/aromatic N) is 1. The van der Waals surface area contributed by atoms with Gasteiger partial charge in [-0.05, 0) is 30.5 Å². The smallest absolute Gasteiger partial charge is 0.243 e. The normalized spacial score (nSPS) is 19.1. The van der Waals surface area contributed by atoms with Gasteiger partial charge >= 0.3 is 0 Å². The summed E-state index contributed by atoms with van der Waals surface area (Å²) in [5, 5.41) is 2.60. The van der Waals surface area contributed by atoms with Gasteiger partial charge in [0, 0.05) is 16.6 Å². The molecular formula is C15H18BrFN2O2. The van der Waals surface area contributed by atoms with Crippen LogP contribution in [0.5, 0.6) is 0 Å². The number of nitrogens with one attached hydrogen (secondary N) is 1. The van der Waals surface area contributed by atoms with E-state index < -0.39 is 6.04 Å². The van der Waals surface area contributed by atoms with Gasteiger partial charge in [0.2, 0.25) is 11.8 Å². The second-order valence-electron chi connectivity index (χ2n) is 5.62. The molecule has 2 amide bonds. The third-order valence-electron chi connectivity index (χ3n) is 3.46. The molecule has 1 N–H and O–H groups in total. The minimum atomic E-state index is -0.537. The first kappa shape index (κ1) is 15.9. The van der Waals surface area contributed by atoms with E-state index in [1.54, 1.807) is 12.1 Å². The lowest BCUT2D eigenvalue weighted by Gasteiger charge is -2.36. The van der Waals surface area contributed by atoms with Gasteiger partial charge in [0.05, 0.1) is 6.54 Å². The molecule has 1 aromatic carbocycles. The molecule has 6 heteroatoms. The van der Waals surface area contributed by atoms with Gasteiger partial charge in [0.15, 0.2) is 0 Å². The highest BCUT2D eigenvalue weighted by atomic mass is 79.9. The first-order chi connectivity index (χ1) is 9.88. The maximum atomic E-state index is 13.9. The van der Waals surface area contributed by atoms with Gasteiger partial charge in [-0.2, -0.15) is 0 Å². The molecular weight excluding hydrogens is 339 g/mol. The Morgan fingerprint density at radius 2 is 2.14 bits per heavy atom. The number of hydrogen-bond acceptors (Lipinski definition) is 2. The van der Waals surface area contributed by atoms with Crippen molar-refractivity contribution in [1.29, 1.82) is 0 Å². The van der Waals surface area contributed by atoms with Crippen LogP contribution in [0.1, 0.15) is 25.8 Å². The first-order valence-corrected chi connectivity index (χ1v) is 7.69. The van der Waals surface area contributed by atoms with E-state index in [0.717, 1.165) is 4.47 Å². The van der Waals surface area contributed by atoms with Gasteiger partial charge in [0.1, 0.15) is 11.9 Å². The molecule has 1 saturated heterocycles. The summed E-state index contributed by atoms with van der Waals surface area (Å²) in [5.41, 5.74) is 0.404. The molecule has 0 bridgehead atoms. The van der Waals surface area contributed by atoms with E-state index >= 15 is 0 Å². The Hall–Kier alpha value is -1.43. The van der Waals surface area contributed by atoms with Crippen molar-refractivity contribution in [3.05, 3.63) is 34.1 Å². The average Bonchev–Trinajstić information content (AvgIpc) is 2.41. The Morgan fingerprint density at radius 3 is 2.81 bits per heavy atom. The van der Waals surface area contributed by atoms with Crippen LogP contribution in [0.3, 0.4) is 0 Å². The minimum absolute atomic E-state index is 0.0248. The molecule has 0 radical (unpaired) electrons. The lowest BCUT2D eigenvalue weighted by Crippen LogP contribution is -2.58. The molecule has 1 aliphatic heterocycles. The number of rotatable bonds is 4. The van der Waals surface area contributed by atoms with Crippen LogP contribution in [0.2, 0.25) is 0 Å². The molecule has 1 aromatic rings. The molecule has 0 aliphatic carbocycles. The molecule has 1 atom stereocenters. The van der Waals surface area contributed by atoms with Crippen molar-refractivity contribution in [1.82, 2.24) is 10.2 Å². The van der Waals surface area contributed by atoms with Gasteiger partial charge in [-0.1, -0.05) is 29.8 Å². The quantitative estimate of drug-likeness (QED) is 0.900. The first-order valence-electron chi connectivity index (χ1n) is 6.89. The average molecular weight is 357 g/mol. The molecule has 2 rings (SSSR count). The third-order valence-corrected chi connectivity index (χ3v) is 3.95. The van der Waals surface area contributed by atoms with Gasteiger partial charge in [0.25, 0.3) is 0 Å². The van der Waals surface area contributed by atoms with Crippen LogP contribution in [0, 0.1) is 11.7 Å². The zero-order chi connectivity index (χ0) is 15.6. The predicted octanol–water partition coefficient (Wildman–Crippen LogP) is 2.46. The maximum Gasteiger partial charge on any atom is 0.243 e. The fourth-order valence-electron chi connectivity index (χ4n) is 2.42. The topological polar surface area (TPSA) is 49.4 Å². The minimum Gasteiger partial charge on any atom is -0.345 e. The van der Waals surface area contributed by atoms with Crippen molar-refractivity contribution >= 4 is 27.7 Å². The van der Waals surface area contributed by atoms with Crippen molar-refractivity contribution in [2.45, 2.75) is 32.9 Å². The second kappa shape index (κ2) is 6.56. The van der Waals surface area contributed by atoms with E-state index in [0.29, 0.717) is 12.0 Å². The number of hydrogen-bond donors (Lipinski definition) is 1. The fourth-order valence-corrected chi connectivity index (χ4v) is 2.83. The van der Waals surface area contributed by atoms with Crippen LogP contribution < -0.4 is 5.32 Å². The maximum absolute atomic E-state index is 13.9. The Labute approximate surface area is 131 Å². The SMILES string of the molecule is CC(C)CC1C(=O)NCC(=O)N1Cc1cc(Br)ccc1F.